The Labute approximate surface area is 207 Å². The minimum atomic E-state index is -4.65. The number of hydrogen-bond acceptors (Lipinski definition) is 3. The van der Waals surface area contributed by atoms with E-state index in [1.165, 1.54) is 6.07 Å². The number of nitrogens with zero attached hydrogens (tertiary/aromatic N) is 1. The number of carbonyl (C=O) groups is 1. The monoisotopic (exact) mass is 513 g/mol. The van der Waals surface area contributed by atoms with Crippen molar-refractivity contribution in [3.8, 4) is 22.6 Å². The second-order valence-corrected chi connectivity index (χ2v) is 8.82. The third kappa shape index (κ3) is 4.35. The Kier molecular flexibility index (Phi) is 5.83. The Balaban J connectivity index is 1.35. The molecule has 2 unspecified atom stereocenters. The number of amides is 2. The molecule has 184 valence electrons. The van der Waals surface area contributed by atoms with Gasteiger partial charge >= 0.3 is 12.2 Å². The zero-order chi connectivity index (χ0) is 25.6. The van der Waals surface area contributed by atoms with Gasteiger partial charge in [0, 0.05) is 28.6 Å². The number of halogens is 4. The molecule has 7 nitrogen and oxygen atoms in total. The lowest BCUT2D eigenvalue weighted by Gasteiger charge is -2.25. The molecule has 11 heteroatoms. The van der Waals surface area contributed by atoms with E-state index in [0.29, 0.717) is 22.8 Å². The van der Waals surface area contributed by atoms with Crippen molar-refractivity contribution in [3.63, 3.8) is 0 Å². The zero-order valence-corrected chi connectivity index (χ0v) is 19.5. The fourth-order valence-corrected chi connectivity index (χ4v) is 4.49. The van der Waals surface area contributed by atoms with Gasteiger partial charge in [-0.3, -0.25) is 4.79 Å². The van der Waals surface area contributed by atoms with Gasteiger partial charge in [-0.15, -0.1) is 0 Å². The van der Waals surface area contributed by atoms with Crippen LogP contribution in [0.25, 0.3) is 28.7 Å². The van der Waals surface area contributed by atoms with Crippen molar-refractivity contribution in [2.24, 2.45) is 0 Å². The van der Waals surface area contributed by atoms with Crippen LogP contribution in [0.5, 0.6) is 0 Å². The molecule has 36 heavy (non-hydrogen) atoms. The first-order valence-corrected chi connectivity index (χ1v) is 11.3. The highest BCUT2D eigenvalue weighted by Gasteiger charge is 2.34. The van der Waals surface area contributed by atoms with Crippen molar-refractivity contribution < 1.29 is 18.0 Å². The van der Waals surface area contributed by atoms with E-state index in [9.17, 15) is 22.8 Å². The van der Waals surface area contributed by atoms with Crippen molar-refractivity contribution in [2.75, 3.05) is 5.32 Å². The van der Waals surface area contributed by atoms with Crippen LogP contribution in [-0.2, 0) is 6.18 Å². The topological polar surface area (TPSA) is 103 Å². The van der Waals surface area contributed by atoms with Crippen molar-refractivity contribution in [2.45, 2.75) is 25.1 Å². The van der Waals surface area contributed by atoms with E-state index in [1.807, 2.05) is 37.3 Å². The van der Waals surface area contributed by atoms with Crippen molar-refractivity contribution in [3.05, 3.63) is 86.9 Å². The standard InChI is InChI=1S/C25H19ClF3N5O2/c1-12-17(33-24(36)30-13-7-8-16(26)15(11-13)25(27,28)29)9-10-19-21(12)34-22(31-19)20-14-5-3-2-4-6-18(14)32-23(20)35/h2-12,17H,1H3,(H,31,34)(H,32,35)(H2,30,33,36). The number of fused-ring (bicyclic) bond motifs is 2. The van der Waals surface area contributed by atoms with E-state index in [4.69, 9.17) is 11.6 Å². The molecule has 1 aliphatic heterocycles. The third-order valence-electron chi connectivity index (χ3n) is 6.06. The molecule has 0 radical (unpaired) electrons. The van der Waals surface area contributed by atoms with Crippen LogP contribution in [-0.4, -0.2) is 27.0 Å². The molecule has 2 heterocycles. The highest BCUT2D eigenvalue weighted by molar-refractivity contribution is 6.31. The van der Waals surface area contributed by atoms with Crippen LogP contribution < -0.4 is 16.2 Å². The summed E-state index contributed by atoms with van der Waals surface area (Å²) in [7, 11) is 0. The van der Waals surface area contributed by atoms with Crippen LogP contribution in [0.1, 0.15) is 29.8 Å². The Hall–Kier alpha value is -4.05. The van der Waals surface area contributed by atoms with Crippen LogP contribution in [0.2, 0.25) is 5.02 Å². The number of anilines is 1. The molecule has 0 fully saturated rings. The van der Waals surface area contributed by atoms with E-state index < -0.39 is 28.8 Å². The normalized spacial score (nSPS) is 17.1. The van der Waals surface area contributed by atoms with E-state index in [1.54, 1.807) is 12.2 Å². The van der Waals surface area contributed by atoms with Gasteiger partial charge in [0.15, 0.2) is 0 Å². The lowest BCUT2D eigenvalue weighted by Crippen LogP contribution is -2.40. The average molecular weight is 514 g/mol. The van der Waals surface area contributed by atoms with Crippen LogP contribution in [0.15, 0.2) is 59.4 Å². The fourth-order valence-electron chi connectivity index (χ4n) is 4.26. The maximum absolute atomic E-state index is 13.1. The maximum Gasteiger partial charge on any atom is 0.417 e. The number of hydrogen-bond donors (Lipinski definition) is 4. The first-order valence-electron chi connectivity index (χ1n) is 11.0. The second-order valence-electron chi connectivity index (χ2n) is 8.42. The van der Waals surface area contributed by atoms with E-state index >= 15 is 0 Å². The molecule has 2 amide bonds. The Morgan fingerprint density at radius 3 is 2.67 bits per heavy atom. The summed E-state index contributed by atoms with van der Waals surface area (Å²) in [5.74, 6) is 0.147. The van der Waals surface area contributed by atoms with Crippen molar-refractivity contribution in [1.29, 1.82) is 0 Å². The average Bonchev–Trinajstić information content (AvgIpc) is 3.29. The molecule has 3 aliphatic rings. The molecule has 2 atom stereocenters. The van der Waals surface area contributed by atoms with Gasteiger partial charge in [-0.2, -0.15) is 13.2 Å². The summed E-state index contributed by atoms with van der Waals surface area (Å²) in [4.78, 5) is 35.8. The van der Waals surface area contributed by atoms with Gasteiger partial charge in [0.2, 0.25) is 0 Å². The first-order chi connectivity index (χ1) is 17.1. The minimum Gasteiger partial charge on any atom is -0.341 e. The number of aromatic amines is 2. The lowest BCUT2D eigenvalue weighted by molar-refractivity contribution is -0.137. The Bertz CT molecular complexity index is 1520. The molecule has 2 aliphatic carbocycles. The largest absolute Gasteiger partial charge is 0.417 e. The van der Waals surface area contributed by atoms with E-state index in [0.717, 1.165) is 23.4 Å². The van der Waals surface area contributed by atoms with Gasteiger partial charge in [0.25, 0.3) is 5.56 Å². The lowest BCUT2D eigenvalue weighted by atomic mass is 9.92. The predicted molar refractivity (Wildman–Crippen MR) is 131 cm³/mol. The highest BCUT2D eigenvalue weighted by atomic mass is 35.5. The molecule has 1 aromatic carbocycles. The molecular formula is C25H19ClF3N5O2. The number of alkyl halides is 3. The smallest absolute Gasteiger partial charge is 0.341 e. The summed E-state index contributed by atoms with van der Waals surface area (Å²) < 4.78 is 39.3. The summed E-state index contributed by atoms with van der Waals surface area (Å²) in [5, 5.41) is 4.72. The summed E-state index contributed by atoms with van der Waals surface area (Å²) in [6, 6.07) is 11.2. The number of benzene rings is 1. The first kappa shape index (κ1) is 23.7. The van der Waals surface area contributed by atoms with E-state index in [-0.39, 0.29) is 17.2 Å². The molecule has 5 rings (SSSR count). The molecule has 0 bridgehead atoms. The van der Waals surface area contributed by atoms with Crippen LogP contribution >= 0.6 is 11.6 Å². The van der Waals surface area contributed by atoms with E-state index in [2.05, 4.69) is 25.6 Å². The van der Waals surface area contributed by atoms with Crippen LogP contribution in [0.3, 0.4) is 0 Å². The second kappa shape index (κ2) is 8.87. The SMILES string of the molecule is CC1c2[nH]c(-c3c4cccccc-4[nH]c3=O)nc2C=CC1NC(=O)Nc1ccc(Cl)c(C(F)(F)F)c1. The van der Waals surface area contributed by atoms with Gasteiger partial charge in [-0.05, 0) is 30.3 Å². The molecule has 0 saturated heterocycles. The molecule has 2 aromatic rings. The van der Waals surface area contributed by atoms with Gasteiger partial charge in [-0.1, -0.05) is 48.9 Å². The Morgan fingerprint density at radius 1 is 1.11 bits per heavy atom. The summed E-state index contributed by atoms with van der Waals surface area (Å²) >= 11 is 5.64. The summed E-state index contributed by atoms with van der Waals surface area (Å²) in [6.07, 6.45) is -1.18. The fraction of sp³-hybridized carbons (Fsp3) is 0.160. The molecule has 4 N–H and O–H groups in total. The number of nitrogens with one attached hydrogen (secondary N) is 4. The quantitative estimate of drug-likeness (QED) is 0.276. The van der Waals surface area contributed by atoms with Crippen molar-refractivity contribution >= 4 is 29.4 Å². The number of imidazole rings is 1. The van der Waals surface area contributed by atoms with Crippen molar-refractivity contribution in [1.82, 2.24) is 20.3 Å². The molecule has 1 aromatic heterocycles. The minimum absolute atomic E-state index is 0.0448. The summed E-state index contributed by atoms with van der Waals surface area (Å²) in [6.45, 7) is 1.87. The van der Waals surface area contributed by atoms with Gasteiger partial charge in [0.1, 0.15) is 5.82 Å². The number of rotatable bonds is 3. The number of carbonyl (C=O) groups excluding carboxylic acids is 1. The predicted octanol–water partition coefficient (Wildman–Crippen LogP) is 5.86. The number of aromatic nitrogens is 3. The molecular weight excluding hydrogens is 495 g/mol. The highest BCUT2D eigenvalue weighted by Crippen LogP contribution is 2.36. The van der Waals surface area contributed by atoms with Gasteiger partial charge in [-0.25, -0.2) is 9.78 Å². The maximum atomic E-state index is 13.1. The van der Waals surface area contributed by atoms with Gasteiger partial charge in [0.05, 0.1) is 27.9 Å². The molecule has 0 saturated carbocycles. The number of H-pyrrole nitrogens is 2. The van der Waals surface area contributed by atoms with Crippen LogP contribution in [0, 0.1) is 0 Å². The molecule has 0 spiro atoms. The summed E-state index contributed by atoms with van der Waals surface area (Å²) in [5.41, 5.74) is 1.84. The Morgan fingerprint density at radius 2 is 1.89 bits per heavy atom. The number of urea groups is 1. The zero-order valence-electron chi connectivity index (χ0n) is 18.7. The van der Waals surface area contributed by atoms with Crippen LogP contribution in [0.4, 0.5) is 23.7 Å². The van der Waals surface area contributed by atoms with Gasteiger partial charge < -0.3 is 20.6 Å². The third-order valence-corrected chi connectivity index (χ3v) is 6.39.